The molecule has 0 unspecified atom stereocenters. The van der Waals surface area contributed by atoms with Gasteiger partial charge in [0.1, 0.15) is 4.90 Å². The van der Waals surface area contributed by atoms with Crippen LogP contribution in [0.3, 0.4) is 0 Å². The van der Waals surface area contributed by atoms with E-state index in [1.165, 1.54) is 16.4 Å². The Bertz CT molecular complexity index is 944. The number of anilines is 1. The summed E-state index contributed by atoms with van der Waals surface area (Å²) in [5.74, 6) is 0. The molecule has 0 N–H and O–H groups in total. The lowest BCUT2D eigenvalue weighted by Gasteiger charge is -2.36. The molecule has 3 rings (SSSR count). The van der Waals surface area contributed by atoms with Crippen LogP contribution in [0.15, 0.2) is 35.2 Å². The lowest BCUT2D eigenvalue weighted by atomic mass is 10.2. The second-order valence-corrected chi connectivity index (χ2v) is 9.66. The largest absolute Gasteiger partial charge is 0.368 e. The van der Waals surface area contributed by atoms with Crippen LogP contribution in [-0.2, 0) is 10.0 Å². The molecule has 4 nitrogen and oxygen atoms in total. The molecule has 0 spiro atoms. The topological polar surface area (TPSA) is 40.6 Å². The van der Waals surface area contributed by atoms with Crippen molar-refractivity contribution in [1.29, 1.82) is 0 Å². The van der Waals surface area contributed by atoms with E-state index >= 15 is 0 Å². The van der Waals surface area contributed by atoms with Gasteiger partial charge in [-0.3, -0.25) is 0 Å². The molecule has 10 heteroatoms. The molecule has 1 aliphatic rings. The average Bonchev–Trinajstić information content (AvgIpc) is 2.60. The van der Waals surface area contributed by atoms with E-state index in [0.29, 0.717) is 23.1 Å². The van der Waals surface area contributed by atoms with E-state index < -0.39 is 10.0 Å². The maximum absolute atomic E-state index is 12.9. The summed E-state index contributed by atoms with van der Waals surface area (Å²) in [5, 5.41) is 1.52. The predicted octanol–water partition coefficient (Wildman–Crippen LogP) is 5.46. The molecule has 0 saturated carbocycles. The quantitative estimate of drug-likeness (QED) is 0.555. The minimum atomic E-state index is -3.78. The van der Waals surface area contributed by atoms with Crippen LogP contribution >= 0.6 is 58.0 Å². The highest BCUT2D eigenvalue weighted by Gasteiger charge is 2.31. The number of hydrogen-bond donors (Lipinski definition) is 0. The monoisotopic (exact) mass is 472 g/mol. The van der Waals surface area contributed by atoms with Gasteiger partial charge in [-0.15, -0.1) is 0 Å². The minimum Gasteiger partial charge on any atom is -0.368 e. The Morgan fingerprint density at radius 1 is 0.731 bits per heavy atom. The maximum atomic E-state index is 12.9. The summed E-state index contributed by atoms with van der Waals surface area (Å²) in [7, 11) is -3.78. The van der Waals surface area contributed by atoms with Crippen molar-refractivity contribution in [2.45, 2.75) is 4.90 Å². The van der Waals surface area contributed by atoms with Crippen molar-refractivity contribution in [2.24, 2.45) is 0 Å². The molecule has 0 radical (unpaired) electrons. The molecule has 1 saturated heterocycles. The Balaban J connectivity index is 1.81. The molecule has 26 heavy (non-hydrogen) atoms. The summed E-state index contributed by atoms with van der Waals surface area (Å²) in [5.41, 5.74) is 0.781. The van der Waals surface area contributed by atoms with Gasteiger partial charge in [-0.2, -0.15) is 4.31 Å². The van der Waals surface area contributed by atoms with Crippen LogP contribution in [0.4, 0.5) is 5.69 Å². The standard InChI is InChI=1S/C16H13Cl5N2O2S/c17-10-1-2-11(18)15(7-10)22-3-5-23(6-4-22)26(24,25)16-9-13(20)12(19)8-14(16)21/h1-2,7-9H,3-6H2. The minimum absolute atomic E-state index is 0.0414. The van der Waals surface area contributed by atoms with Gasteiger partial charge in [0, 0.05) is 31.2 Å². The highest BCUT2D eigenvalue weighted by molar-refractivity contribution is 7.89. The van der Waals surface area contributed by atoms with Crippen LogP contribution in [0, 0.1) is 0 Å². The summed E-state index contributed by atoms with van der Waals surface area (Å²) in [6, 6.07) is 7.81. The second-order valence-electron chi connectivity index (χ2n) is 5.68. The van der Waals surface area contributed by atoms with Crippen molar-refractivity contribution in [2.75, 3.05) is 31.1 Å². The van der Waals surface area contributed by atoms with Crippen molar-refractivity contribution < 1.29 is 8.42 Å². The van der Waals surface area contributed by atoms with Crippen LogP contribution in [0.1, 0.15) is 0 Å². The normalized spacial score (nSPS) is 16.1. The molecule has 1 heterocycles. The lowest BCUT2D eigenvalue weighted by Crippen LogP contribution is -2.48. The van der Waals surface area contributed by atoms with Crippen LogP contribution < -0.4 is 4.90 Å². The van der Waals surface area contributed by atoms with Gasteiger partial charge in [0.15, 0.2) is 0 Å². The highest BCUT2D eigenvalue weighted by atomic mass is 35.5. The molecular formula is C16H13Cl5N2O2S. The Morgan fingerprint density at radius 2 is 1.35 bits per heavy atom. The fraction of sp³-hybridized carbons (Fsp3) is 0.250. The molecule has 0 aromatic heterocycles. The van der Waals surface area contributed by atoms with Crippen LogP contribution in [0.25, 0.3) is 0 Å². The molecule has 0 aliphatic carbocycles. The molecule has 0 atom stereocenters. The third-order valence-electron chi connectivity index (χ3n) is 4.08. The summed E-state index contributed by atoms with van der Waals surface area (Å²) in [6.07, 6.45) is 0. The molecule has 1 aliphatic heterocycles. The van der Waals surface area contributed by atoms with Gasteiger partial charge in [-0.25, -0.2) is 8.42 Å². The van der Waals surface area contributed by atoms with Crippen LogP contribution in [0.2, 0.25) is 25.1 Å². The molecule has 2 aromatic rings. The first kappa shape index (κ1) is 20.3. The molecular weight excluding hydrogens is 462 g/mol. The zero-order chi connectivity index (χ0) is 19.1. The van der Waals surface area contributed by atoms with Gasteiger partial charge in [0.25, 0.3) is 0 Å². The summed E-state index contributed by atoms with van der Waals surface area (Å²) in [6.45, 7) is 1.50. The number of sulfonamides is 1. The number of nitrogens with zero attached hydrogens (tertiary/aromatic N) is 2. The van der Waals surface area contributed by atoms with Crippen molar-refractivity contribution in [3.63, 3.8) is 0 Å². The van der Waals surface area contributed by atoms with Gasteiger partial charge in [0.2, 0.25) is 10.0 Å². The molecule has 140 valence electrons. The fourth-order valence-corrected chi connectivity index (χ4v) is 5.54. The summed E-state index contributed by atoms with van der Waals surface area (Å²) < 4.78 is 27.2. The van der Waals surface area contributed by atoms with E-state index in [1.807, 2.05) is 4.90 Å². The third kappa shape index (κ3) is 4.04. The number of halogens is 5. The van der Waals surface area contributed by atoms with E-state index in [2.05, 4.69) is 0 Å². The van der Waals surface area contributed by atoms with Crippen LogP contribution in [0.5, 0.6) is 0 Å². The Morgan fingerprint density at radius 3 is 2.00 bits per heavy atom. The summed E-state index contributed by atoms with van der Waals surface area (Å²) >= 11 is 30.2. The Labute approximate surface area is 177 Å². The zero-order valence-electron chi connectivity index (χ0n) is 13.2. The second kappa shape index (κ2) is 7.92. The van der Waals surface area contributed by atoms with Gasteiger partial charge >= 0.3 is 0 Å². The third-order valence-corrected chi connectivity index (χ3v) is 7.72. The first-order valence-corrected chi connectivity index (χ1v) is 10.9. The van der Waals surface area contributed by atoms with Crippen molar-refractivity contribution in [3.8, 4) is 0 Å². The van der Waals surface area contributed by atoms with Gasteiger partial charge in [0.05, 0.1) is 25.8 Å². The number of rotatable bonds is 3. The first-order valence-electron chi connectivity index (χ1n) is 7.55. The van der Waals surface area contributed by atoms with E-state index in [-0.39, 0.29) is 33.1 Å². The van der Waals surface area contributed by atoms with Crippen molar-refractivity contribution in [3.05, 3.63) is 55.4 Å². The fourth-order valence-electron chi connectivity index (χ4n) is 2.74. The van der Waals surface area contributed by atoms with Gasteiger partial charge in [-0.1, -0.05) is 58.0 Å². The number of piperazine rings is 1. The molecule has 0 bridgehead atoms. The Kier molecular flexibility index (Phi) is 6.19. The van der Waals surface area contributed by atoms with Gasteiger partial charge < -0.3 is 4.90 Å². The van der Waals surface area contributed by atoms with Gasteiger partial charge in [-0.05, 0) is 30.3 Å². The van der Waals surface area contributed by atoms with E-state index in [9.17, 15) is 8.42 Å². The smallest absolute Gasteiger partial charge is 0.244 e. The number of benzene rings is 2. The molecule has 0 amide bonds. The van der Waals surface area contributed by atoms with E-state index in [0.717, 1.165) is 5.69 Å². The molecule has 2 aromatic carbocycles. The number of hydrogen-bond acceptors (Lipinski definition) is 3. The molecule has 1 fully saturated rings. The first-order chi connectivity index (χ1) is 12.2. The Hall–Kier alpha value is -0.400. The van der Waals surface area contributed by atoms with E-state index in [1.54, 1.807) is 18.2 Å². The predicted molar refractivity (Wildman–Crippen MR) is 109 cm³/mol. The van der Waals surface area contributed by atoms with Crippen molar-refractivity contribution >= 4 is 73.7 Å². The average molecular weight is 475 g/mol. The lowest BCUT2D eigenvalue weighted by molar-refractivity contribution is 0.385. The maximum Gasteiger partial charge on any atom is 0.244 e. The SMILES string of the molecule is O=S(=O)(c1cc(Cl)c(Cl)cc1Cl)N1CCN(c2cc(Cl)ccc2Cl)CC1. The van der Waals surface area contributed by atoms with Crippen LogP contribution in [-0.4, -0.2) is 38.9 Å². The highest BCUT2D eigenvalue weighted by Crippen LogP contribution is 2.34. The zero-order valence-corrected chi connectivity index (χ0v) is 17.8. The van der Waals surface area contributed by atoms with Crippen molar-refractivity contribution in [1.82, 2.24) is 4.31 Å². The van der Waals surface area contributed by atoms with E-state index in [4.69, 9.17) is 58.0 Å². The summed E-state index contributed by atoms with van der Waals surface area (Å²) in [4.78, 5) is 1.94.